The minimum absolute atomic E-state index is 0.179. The highest BCUT2D eigenvalue weighted by atomic mass is 35.5. The maximum Gasteiger partial charge on any atom is 0.0721 e. The lowest BCUT2D eigenvalue weighted by Crippen LogP contribution is -2.13. The monoisotopic (exact) mass is 212 g/mol. The van der Waals surface area contributed by atoms with E-state index in [1.807, 2.05) is 0 Å². The van der Waals surface area contributed by atoms with Crippen LogP contribution in [-0.4, -0.2) is 12.0 Å². The summed E-state index contributed by atoms with van der Waals surface area (Å²) in [6.45, 7) is 4.83. The summed E-state index contributed by atoms with van der Waals surface area (Å²) in [5, 5.41) is 0. The molecular weight excluding hydrogens is 196 g/mol. The minimum atomic E-state index is 0.179. The molecule has 0 aliphatic rings. The van der Waals surface area contributed by atoms with Crippen LogP contribution >= 0.6 is 11.6 Å². The number of halogens is 1. The van der Waals surface area contributed by atoms with Gasteiger partial charge in [-0.1, -0.05) is 36.8 Å². The minimum Gasteiger partial charge on any atom is -0.372 e. The van der Waals surface area contributed by atoms with Crippen LogP contribution in [0.4, 0.5) is 0 Å². The molecule has 1 rings (SSSR count). The number of rotatable bonds is 5. The Balaban J connectivity index is 2.41. The SMILES string of the molecule is CCC(CCl)OCc1ccc(C)cc1. The molecule has 0 heterocycles. The van der Waals surface area contributed by atoms with Crippen LogP contribution in [0, 0.1) is 6.92 Å². The maximum atomic E-state index is 5.73. The molecule has 1 unspecified atom stereocenters. The molecule has 0 N–H and O–H groups in total. The lowest BCUT2D eigenvalue weighted by Gasteiger charge is -2.12. The highest BCUT2D eigenvalue weighted by Gasteiger charge is 2.04. The molecule has 0 aromatic heterocycles. The Morgan fingerprint density at radius 1 is 1.29 bits per heavy atom. The van der Waals surface area contributed by atoms with Crippen molar-refractivity contribution in [2.45, 2.75) is 33.0 Å². The van der Waals surface area contributed by atoms with Crippen molar-refractivity contribution in [2.24, 2.45) is 0 Å². The van der Waals surface area contributed by atoms with Gasteiger partial charge in [-0.15, -0.1) is 11.6 Å². The molecule has 0 amide bonds. The van der Waals surface area contributed by atoms with Gasteiger partial charge in [-0.25, -0.2) is 0 Å². The van der Waals surface area contributed by atoms with Gasteiger partial charge >= 0.3 is 0 Å². The van der Waals surface area contributed by atoms with E-state index in [0.29, 0.717) is 12.5 Å². The maximum absolute atomic E-state index is 5.73. The van der Waals surface area contributed by atoms with E-state index in [4.69, 9.17) is 16.3 Å². The van der Waals surface area contributed by atoms with E-state index in [9.17, 15) is 0 Å². The van der Waals surface area contributed by atoms with Crippen LogP contribution in [-0.2, 0) is 11.3 Å². The van der Waals surface area contributed by atoms with Crippen LogP contribution in [0.1, 0.15) is 24.5 Å². The summed E-state index contributed by atoms with van der Waals surface area (Å²) in [7, 11) is 0. The Morgan fingerprint density at radius 3 is 2.43 bits per heavy atom. The molecule has 1 aromatic rings. The van der Waals surface area contributed by atoms with Crippen molar-refractivity contribution in [3.8, 4) is 0 Å². The molecule has 0 aliphatic carbocycles. The lowest BCUT2D eigenvalue weighted by atomic mass is 10.2. The number of ether oxygens (including phenoxy) is 1. The summed E-state index contributed by atoms with van der Waals surface area (Å²) in [6.07, 6.45) is 1.15. The van der Waals surface area contributed by atoms with Gasteiger partial charge in [0, 0.05) is 5.88 Å². The third-order valence-corrected chi connectivity index (χ3v) is 2.58. The van der Waals surface area contributed by atoms with E-state index in [-0.39, 0.29) is 6.10 Å². The predicted octanol–water partition coefficient (Wildman–Crippen LogP) is 3.53. The van der Waals surface area contributed by atoms with Gasteiger partial charge in [0.05, 0.1) is 12.7 Å². The van der Waals surface area contributed by atoms with E-state index in [1.54, 1.807) is 0 Å². The van der Waals surface area contributed by atoms with E-state index >= 15 is 0 Å². The van der Waals surface area contributed by atoms with Crippen molar-refractivity contribution in [3.05, 3.63) is 35.4 Å². The van der Waals surface area contributed by atoms with Crippen molar-refractivity contribution >= 4 is 11.6 Å². The molecule has 0 aliphatic heterocycles. The number of hydrogen-bond donors (Lipinski definition) is 0. The van der Waals surface area contributed by atoms with Gasteiger partial charge in [0.25, 0.3) is 0 Å². The van der Waals surface area contributed by atoms with Crippen molar-refractivity contribution < 1.29 is 4.74 Å². The first kappa shape index (κ1) is 11.5. The first-order chi connectivity index (χ1) is 6.76. The Labute approximate surface area is 91.0 Å². The largest absolute Gasteiger partial charge is 0.372 e. The summed E-state index contributed by atoms with van der Waals surface area (Å²) >= 11 is 5.73. The van der Waals surface area contributed by atoms with Crippen molar-refractivity contribution in [1.82, 2.24) is 0 Å². The van der Waals surface area contributed by atoms with E-state index in [2.05, 4.69) is 38.1 Å². The van der Waals surface area contributed by atoms with Crippen molar-refractivity contribution in [1.29, 1.82) is 0 Å². The van der Waals surface area contributed by atoms with Gasteiger partial charge in [0.1, 0.15) is 0 Å². The summed E-state index contributed by atoms with van der Waals surface area (Å²) in [5.74, 6) is 0.572. The number of alkyl halides is 1. The topological polar surface area (TPSA) is 9.23 Å². The van der Waals surface area contributed by atoms with Gasteiger partial charge < -0.3 is 4.74 Å². The first-order valence-corrected chi connectivity index (χ1v) is 5.52. The molecule has 0 spiro atoms. The standard InChI is InChI=1S/C12H17ClO/c1-3-12(8-13)14-9-11-6-4-10(2)5-7-11/h4-7,12H,3,8-9H2,1-2H3. The molecule has 14 heavy (non-hydrogen) atoms. The average molecular weight is 213 g/mol. The van der Waals surface area contributed by atoms with Crippen LogP contribution in [0.25, 0.3) is 0 Å². The fourth-order valence-corrected chi connectivity index (χ4v) is 1.48. The summed E-state index contributed by atoms with van der Waals surface area (Å²) in [4.78, 5) is 0. The zero-order valence-corrected chi connectivity index (χ0v) is 9.55. The summed E-state index contributed by atoms with van der Waals surface area (Å²) in [5.41, 5.74) is 2.48. The van der Waals surface area contributed by atoms with Gasteiger partial charge in [0.2, 0.25) is 0 Å². The normalized spacial score (nSPS) is 12.8. The van der Waals surface area contributed by atoms with Crippen LogP contribution in [0.15, 0.2) is 24.3 Å². The molecule has 78 valence electrons. The average Bonchev–Trinajstić information content (AvgIpc) is 2.22. The van der Waals surface area contributed by atoms with Gasteiger partial charge in [-0.3, -0.25) is 0 Å². The third kappa shape index (κ3) is 3.69. The molecule has 0 saturated heterocycles. The predicted molar refractivity (Wildman–Crippen MR) is 60.8 cm³/mol. The fourth-order valence-electron chi connectivity index (χ4n) is 1.17. The second-order valence-electron chi connectivity index (χ2n) is 3.48. The quantitative estimate of drug-likeness (QED) is 0.679. The summed E-state index contributed by atoms with van der Waals surface area (Å²) in [6, 6.07) is 8.38. The number of benzene rings is 1. The van der Waals surface area contributed by atoms with E-state index < -0.39 is 0 Å². The highest BCUT2D eigenvalue weighted by Crippen LogP contribution is 2.08. The van der Waals surface area contributed by atoms with Crippen molar-refractivity contribution in [2.75, 3.05) is 5.88 Å². The molecule has 1 nitrogen and oxygen atoms in total. The highest BCUT2D eigenvalue weighted by molar-refractivity contribution is 6.18. The van der Waals surface area contributed by atoms with Gasteiger partial charge in [-0.2, -0.15) is 0 Å². The third-order valence-electron chi connectivity index (χ3n) is 2.23. The molecule has 0 radical (unpaired) electrons. The molecule has 2 heteroatoms. The number of aryl methyl sites for hydroxylation is 1. The Kier molecular flexibility index (Phi) is 4.99. The van der Waals surface area contributed by atoms with Crippen LogP contribution in [0.3, 0.4) is 0 Å². The molecule has 1 atom stereocenters. The lowest BCUT2D eigenvalue weighted by molar-refractivity contribution is 0.0531. The zero-order chi connectivity index (χ0) is 10.4. The van der Waals surface area contributed by atoms with Gasteiger partial charge in [0.15, 0.2) is 0 Å². The molecule has 0 fully saturated rings. The van der Waals surface area contributed by atoms with Crippen molar-refractivity contribution in [3.63, 3.8) is 0 Å². The zero-order valence-electron chi connectivity index (χ0n) is 8.79. The molecule has 1 aromatic carbocycles. The Hall–Kier alpha value is -0.530. The second kappa shape index (κ2) is 6.05. The Morgan fingerprint density at radius 2 is 1.93 bits per heavy atom. The van der Waals surface area contributed by atoms with E-state index in [1.165, 1.54) is 11.1 Å². The fraction of sp³-hybridized carbons (Fsp3) is 0.500. The second-order valence-corrected chi connectivity index (χ2v) is 3.79. The van der Waals surface area contributed by atoms with Crippen LogP contribution < -0.4 is 0 Å². The van der Waals surface area contributed by atoms with Crippen LogP contribution in [0.5, 0.6) is 0 Å². The molecule has 0 saturated carbocycles. The van der Waals surface area contributed by atoms with Gasteiger partial charge in [-0.05, 0) is 18.9 Å². The smallest absolute Gasteiger partial charge is 0.0721 e. The molecule has 0 bridgehead atoms. The van der Waals surface area contributed by atoms with Crippen LogP contribution in [0.2, 0.25) is 0 Å². The number of hydrogen-bond acceptors (Lipinski definition) is 1. The van der Waals surface area contributed by atoms with E-state index in [0.717, 1.165) is 6.42 Å². The Bertz CT molecular complexity index is 252. The molecular formula is C12H17ClO. The first-order valence-electron chi connectivity index (χ1n) is 4.99. The summed E-state index contributed by atoms with van der Waals surface area (Å²) < 4.78 is 5.63.